The fourth-order valence-corrected chi connectivity index (χ4v) is 4.42. The average Bonchev–Trinajstić information content (AvgIpc) is 2.73. The van der Waals surface area contributed by atoms with E-state index in [1.807, 2.05) is 11.7 Å². The normalized spacial score (nSPS) is 27.6. The van der Waals surface area contributed by atoms with Crippen LogP contribution in [0.2, 0.25) is 0 Å². The highest BCUT2D eigenvalue weighted by molar-refractivity contribution is 5.53. The van der Waals surface area contributed by atoms with E-state index < -0.39 is 0 Å². The van der Waals surface area contributed by atoms with E-state index in [1.165, 1.54) is 43.5 Å². The van der Waals surface area contributed by atoms with Crippen LogP contribution in [0.5, 0.6) is 0 Å². The number of hydrogen-bond donors (Lipinski definition) is 1. The number of anilines is 1. The SMILES string of the molecule is CCOC1CC(Nc2c(C)nn(C)c2C)C12CCCCC2. The highest BCUT2D eigenvalue weighted by Gasteiger charge is 2.55. The minimum absolute atomic E-state index is 0.364. The molecule has 1 N–H and O–H groups in total. The van der Waals surface area contributed by atoms with Gasteiger partial charge in [0, 0.05) is 25.1 Å². The van der Waals surface area contributed by atoms with Gasteiger partial charge in [-0.1, -0.05) is 19.3 Å². The summed E-state index contributed by atoms with van der Waals surface area (Å²) in [6.45, 7) is 7.20. The van der Waals surface area contributed by atoms with Crippen molar-refractivity contribution in [1.82, 2.24) is 9.78 Å². The molecule has 1 aromatic heterocycles. The van der Waals surface area contributed by atoms with Gasteiger partial charge >= 0.3 is 0 Å². The summed E-state index contributed by atoms with van der Waals surface area (Å²) < 4.78 is 8.02. The van der Waals surface area contributed by atoms with Gasteiger partial charge in [-0.25, -0.2) is 0 Å². The van der Waals surface area contributed by atoms with Crippen LogP contribution < -0.4 is 5.32 Å². The van der Waals surface area contributed by atoms with Crippen molar-refractivity contribution in [3.63, 3.8) is 0 Å². The summed E-state index contributed by atoms with van der Waals surface area (Å²) in [6, 6.07) is 0.552. The lowest BCUT2D eigenvalue weighted by Gasteiger charge is -2.58. The molecule has 2 aliphatic rings. The van der Waals surface area contributed by atoms with Gasteiger partial charge < -0.3 is 10.1 Å². The molecule has 1 heterocycles. The maximum absolute atomic E-state index is 6.04. The van der Waals surface area contributed by atoms with Crippen molar-refractivity contribution in [2.75, 3.05) is 11.9 Å². The fourth-order valence-electron chi connectivity index (χ4n) is 4.42. The Balaban J connectivity index is 1.79. The first-order valence-corrected chi connectivity index (χ1v) is 8.47. The lowest BCUT2D eigenvalue weighted by atomic mass is 9.55. The molecule has 2 unspecified atom stereocenters. The third-order valence-corrected chi connectivity index (χ3v) is 5.76. The number of aromatic nitrogens is 2. The largest absolute Gasteiger partial charge is 0.379 e. The van der Waals surface area contributed by atoms with Crippen molar-refractivity contribution in [3.05, 3.63) is 11.4 Å². The number of nitrogens with one attached hydrogen (secondary N) is 1. The molecule has 0 aliphatic heterocycles. The van der Waals surface area contributed by atoms with Gasteiger partial charge in [0.2, 0.25) is 0 Å². The first-order chi connectivity index (χ1) is 10.1. The molecule has 1 spiro atoms. The van der Waals surface area contributed by atoms with Crippen LogP contribution in [0.3, 0.4) is 0 Å². The lowest BCUT2D eigenvalue weighted by Crippen LogP contribution is -2.62. The first-order valence-electron chi connectivity index (χ1n) is 8.47. The second-order valence-electron chi connectivity index (χ2n) is 6.84. The van der Waals surface area contributed by atoms with Crippen LogP contribution in [-0.2, 0) is 11.8 Å². The quantitative estimate of drug-likeness (QED) is 0.921. The first kappa shape index (κ1) is 14.9. The van der Waals surface area contributed by atoms with Crippen molar-refractivity contribution in [3.8, 4) is 0 Å². The number of rotatable bonds is 4. The van der Waals surface area contributed by atoms with Gasteiger partial charge in [0.05, 0.1) is 23.2 Å². The van der Waals surface area contributed by atoms with Gasteiger partial charge in [0.25, 0.3) is 0 Å². The zero-order valence-corrected chi connectivity index (χ0v) is 13.9. The maximum atomic E-state index is 6.04. The van der Waals surface area contributed by atoms with E-state index in [0.717, 1.165) is 18.7 Å². The second kappa shape index (κ2) is 5.64. The summed E-state index contributed by atoms with van der Waals surface area (Å²) in [7, 11) is 2.02. The van der Waals surface area contributed by atoms with Gasteiger partial charge in [-0.3, -0.25) is 4.68 Å². The number of hydrogen-bond acceptors (Lipinski definition) is 3. The Labute approximate surface area is 128 Å². The summed E-state index contributed by atoms with van der Waals surface area (Å²) >= 11 is 0. The van der Waals surface area contributed by atoms with E-state index in [-0.39, 0.29) is 0 Å². The third kappa shape index (κ3) is 2.37. The molecular formula is C17H29N3O. The van der Waals surface area contributed by atoms with E-state index in [1.54, 1.807) is 0 Å². The Morgan fingerprint density at radius 2 is 2.00 bits per heavy atom. The smallest absolute Gasteiger partial charge is 0.0827 e. The van der Waals surface area contributed by atoms with Crippen LogP contribution in [0.15, 0.2) is 0 Å². The average molecular weight is 291 g/mol. The molecule has 2 saturated carbocycles. The summed E-state index contributed by atoms with van der Waals surface area (Å²) in [6.07, 6.45) is 8.32. The van der Waals surface area contributed by atoms with E-state index in [9.17, 15) is 0 Å². The molecule has 0 amide bonds. The fraction of sp³-hybridized carbons (Fsp3) is 0.824. The van der Waals surface area contributed by atoms with Crippen molar-refractivity contribution in [2.24, 2.45) is 12.5 Å². The van der Waals surface area contributed by atoms with Gasteiger partial charge in [-0.2, -0.15) is 5.10 Å². The monoisotopic (exact) mass is 291 g/mol. The molecule has 0 radical (unpaired) electrons. The predicted molar refractivity (Wildman–Crippen MR) is 85.6 cm³/mol. The van der Waals surface area contributed by atoms with Crippen LogP contribution in [0.25, 0.3) is 0 Å². The van der Waals surface area contributed by atoms with E-state index in [2.05, 4.69) is 31.2 Å². The van der Waals surface area contributed by atoms with Crippen molar-refractivity contribution < 1.29 is 4.74 Å². The van der Waals surface area contributed by atoms with Crippen molar-refractivity contribution >= 4 is 5.69 Å². The summed E-state index contributed by atoms with van der Waals surface area (Å²) in [5.41, 5.74) is 3.95. The molecule has 21 heavy (non-hydrogen) atoms. The molecule has 4 nitrogen and oxygen atoms in total. The van der Waals surface area contributed by atoms with E-state index in [4.69, 9.17) is 4.74 Å². The van der Waals surface area contributed by atoms with Crippen molar-refractivity contribution in [1.29, 1.82) is 0 Å². The molecule has 0 saturated heterocycles. The minimum atomic E-state index is 0.364. The predicted octanol–water partition coefficient (Wildman–Crippen LogP) is 3.58. The summed E-state index contributed by atoms with van der Waals surface area (Å²) in [5.74, 6) is 0. The highest BCUT2D eigenvalue weighted by atomic mass is 16.5. The Morgan fingerprint density at radius 3 is 2.57 bits per heavy atom. The van der Waals surface area contributed by atoms with Gasteiger partial charge in [-0.05, 0) is 40.0 Å². The van der Waals surface area contributed by atoms with Gasteiger partial charge in [0.1, 0.15) is 0 Å². The van der Waals surface area contributed by atoms with Crippen LogP contribution in [0, 0.1) is 19.3 Å². The Hall–Kier alpha value is -1.03. The molecular weight excluding hydrogens is 262 g/mol. The lowest BCUT2D eigenvalue weighted by molar-refractivity contribution is -0.134. The maximum Gasteiger partial charge on any atom is 0.0827 e. The number of aryl methyl sites for hydroxylation is 2. The number of ether oxygens (including phenoxy) is 1. The number of nitrogens with zero attached hydrogens (tertiary/aromatic N) is 2. The molecule has 0 aromatic carbocycles. The van der Waals surface area contributed by atoms with Crippen LogP contribution in [0.1, 0.15) is 56.8 Å². The molecule has 118 valence electrons. The van der Waals surface area contributed by atoms with E-state index >= 15 is 0 Å². The van der Waals surface area contributed by atoms with Gasteiger partial charge in [0.15, 0.2) is 0 Å². The minimum Gasteiger partial charge on any atom is -0.379 e. The second-order valence-corrected chi connectivity index (χ2v) is 6.84. The molecule has 2 atom stereocenters. The third-order valence-electron chi connectivity index (χ3n) is 5.76. The summed E-state index contributed by atoms with van der Waals surface area (Å²) in [5, 5.41) is 8.36. The molecule has 3 rings (SSSR count). The Bertz CT molecular complexity index is 502. The Morgan fingerprint density at radius 1 is 1.29 bits per heavy atom. The molecule has 1 aromatic rings. The van der Waals surface area contributed by atoms with Crippen LogP contribution >= 0.6 is 0 Å². The molecule has 2 aliphatic carbocycles. The van der Waals surface area contributed by atoms with Crippen molar-refractivity contribution in [2.45, 2.75) is 71.4 Å². The molecule has 4 heteroatoms. The Kier molecular flexibility index (Phi) is 4.00. The molecule has 2 fully saturated rings. The topological polar surface area (TPSA) is 39.1 Å². The van der Waals surface area contributed by atoms with E-state index in [0.29, 0.717) is 17.6 Å². The summed E-state index contributed by atoms with van der Waals surface area (Å²) in [4.78, 5) is 0. The van der Waals surface area contributed by atoms with Crippen LogP contribution in [0.4, 0.5) is 5.69 Å². The van der Waals surface area contributed by atoms with Crippen LogP contribution in [-0.4, -0.2) is 28.5 Å². The van der Waals surface area contributed by atoms with Gasteiger partial charge in [-0.15, -0.1) is 0 Å². The molecule has 0 bridgehead atoms. The zero-order valence-electron chi connectivity index (χ0n) is 13.9. The standard InChI is InChI=1S/C17H29N3O/c1-5-21-15-11-14(17(15)9-7-6-8-10-17)18-16-12(2)19-20(4)13(16)3/h14-15,18H,5-11H2,1-4H3. The zero-order chi connectivity index (χ0) is 15.0. The highest BCUT2D eigenvalue weighted by Crippen LogP contribution is 2.54.